The summed E-state index contributed by atoms with van der Waals surface area (Å²) < 4.78 is 7.47. The van der Waals surface area contributed by atoms with Crippen LogP contribution in [0.2, 0.25) is 0 Å². The quantitative estimate of drug-likeness (QED) is 0.620. The molecule has 0 amide bonds. The summed E-state index contributed by atoms with van der Waals surface area (Å²) in [5.74, 6) is 1.50. The van der Waals surface area contributed by atoms with Crippen molar-refractivity contribution in [3.63, 3.8) is 0 Å². The predicted octanol–water partition coefficient (Wildman–Crippen LogP) is 4.47. The number of aromatic nitrogens is 5. The first kappa shape index (κ1) is 20.6. The fourth-order valence-electron chi connectivity index (χ4n) is 4.25. The van der Waals surface area contributed by atoms with E-state index in [0.717, 1.165) is 17.7 Å². The maximum absolute atomic E-state index is 6.10. The minimum atomic E-state index is 0.293. The number of rotatable bonds is 7. The average Bonchev–Trinajstić information content (AvgIpc) is 3.12. The molecule has 3 aromatic rings. The second-order valence-corrected chi connectivity index (χ2v) is 8.85. The predicted molar refractivity (Wildman–Crippen MR) is 118 cm³/mol. The van der Waals surface area contributed by atoms with Crippen molar-refractivity contribution in [2.24, 2.45) is 5.92 Å². The van der Waals surface area contributed by atoms with E-state index in [9.17, 15) is 0 Å². The summed E-state index contributed by atoms with van der Waals surface area (Å²) in [5, 5.41) is 4.52. The molecule has 1 fully saturated rings. The molecule has 1 aliphatic carbocycles. The Morgan fingerprint density at radius 1 is 1.17 bits per heavy atom. The fraction of sp³-hybridized carbons (Fsp3) is 0.565. The van der Waals surface area contributed by atoms with Crippen LogP contribution in [0, 0.1) is 12.8 Å². The molecule has 0 atom stereocenters. The molecular formula is C23H32N6O. The third kappa shape index (κ3) is 4.55. The normalized spacial score (nSPS) is 15.2. The minimum absolute atomic E-state index is 0.293. The molecule has 0 aromatic carbocycles. The number of nitrogen functional groups attached to an aromatic ring is 1. The van der Waals surface area contributed by atoms with Gasteiger partial charge in [0, 0.05) is 24.2 Å². The summed E-state index contributed by atoms with van der Waals surface area (Å²) in [6.45, 7) is 7.06. The van der Waals surface area contributed by atoms with E-state index in [-0.39, 0.29) is 0 Å². The molecule has 7 heteroatoms. The molecular weight excluding hydrogens is 376 g/mol. The number of fused-ring (bicyclic) bond motifs is 1. The lowest BCUT2D eigenvalue weighted by atomic mass is 9.85. The minimum Gasteiger partial charge on any atom is -0.462 e. The summed E-state index contributed by atoms with van der Waals surface area (Å²) >= 11 is 0. The fourth-order valence-corrected chi connectivity index (χ4v) is 4.25. The van der Waals surface area contributed by atoms with Crippen LogP contribution in [0.5, 0.6) is 6.01 Å². The number of nitrogens with two attached hydrogens (primary N) is 1. The van der Waals surface area contributed by atoms with Crippen LogP contribution in [-0.4, -0.2) is 31.2 Å². The molecule has 3 heterocycles. The van der Waals surface area contributed by atoms with Crippen LogP contribution in [-0.2, 0) is 6.42 Å². The van der Waals surface area contributed by atoms with E-state index in [0.29, 0.717) is 42.3 Å². The SMILES string of the molecule is Cc1cc(Cc2cnc3c(N)nc(OCCC(C)C)nn23)cnc1C1CCCCC1. The number of aryl methyl sites for hydroxylation is 1. The van der Waals surface area contributed by atoms with Crippen molar-refractivity contribution in [2.45, 2.75) is 71.6 Å². The van der Waals surface area contributed by atoms with Gasteiger partial charge in [0.15, 0.2) is 11.5 Å². The van der Waals surface area contributed by atoms with Gasteiger partial charge in [0.05, 0.1) is 18.5 Å². The average molecular weight is 409 g/mol. The Bertz CT molecular complexity index is 1010. The Kier molecular flexibility index (Phi) is 6.16. The van der Waals surface area contributed by atoms with E-state index in [1.165, 1.54) is 43.4 Å². The van der Waals surface area contributed by atoms with Gasteiger partial charge in [0.25, 0.3) is 0 Å². The molecule has 4 rings (SSSR count). The highest BCUT2D eigenvalue weighted by molar-refractivity contribution is 5.59. The monoisotopic (exact) mass is 408 g/mol. The van der Waals surface area contributed by atoms with E-state index < -0.39 is 0 Å². The zero-order valence-electron chi connectivity index (χ0n) is 18.3. The Morgan fingerprint density at radius 2 is 1.97 bits per heavy atom. The lowest BCUT2D eigenvalue weighted by Crippen LogP contribution is -2.10. The van der Waals surface area contributed by atoms with Gasteiger partial charge in [-0.05, 0) is 43.2 Å². The highest BCUT2D eigenvalue weighted by Gasteiger charge is 2.19. The van der Waals surface area contributed by atoms with Crippen molar-refractivity contribution < 1.29 is 4.74 Å². The van der Waals surface area contributed by atoms with Gasteiger partial charge in [-0.15, -0.1) is 5.10 Å². The third-order valence-corrected chi connectivity index (χ3v) is 5.92. The first-order valence-corrected chi connectivity index (χ1v) is 11.1. The number of ether oxygens (including phenoxy) is 1. The number of hydrogen-bond acceptors (Lipinski definition) is 6. The van der Waals surface area contributed by atoms with Crippen LogP contribution in [0.25, 0.3) is 5.65 Å². The number of imidazole rings is 1. The zero-order chi connectivity index (χ0) is 21.1. The molecule has 2 N–H and O–H groups in total. The first-order chi connectivity index (χ1) is 14.5. The van der Waals surface area contributed by atoms with Gasteiger partial charge in [0.1, 0.15) is 0 Å². The van der Waals surface area contributed by atoms with Crippen LogP contribution >= 0.6 is 0 Å². The molecule has 160 valence electrons. The highest BCUT2D eigenvalue weighted by Crippen LogP contribution is 2.33. The molecule has 0 saturated heterocycles. The smallest absolute Gasteiger partial charge is 0.336 e. The lowest BCUT2D eigenvalue weighted by molar-refractivity contribution is 0.264. The van der Waals surface area contributed by atoms with Crippen molar-refractivity contribution >= 4 is 11.5 Å². The van der Waals surface area contributed by atoms with Crippen LogP contribution in [0.15, 0.2) is 18.5 Å². The zero-order valence-corrected chi connectivity index (χ0v) is 18.3. The van der Waals surface area contributed by atoms with Gasteiger partial charge in [-0.1, -0.05) is 39.2 Å². The molecule has 0 radical (unpaired) electrons. The van der Waals surface area contributed by atoms with Crippen LogP contribution in [0.4, 0.5) is 5.82 Å². The van der Waals surface area contributed by atoms with E-state index >= 15 is 0 Å². The maximum Gasteiger partial charge on any atom is 0.336 e. The van der Waals surface area contributed by atoms with E-state index in [2.05, 4.69) is 41.9 Å². The van der Waals surface area contributed by atoms with Gasteiger partial charge in [0.2, 0.25) is 0 Å². The summed E-state index contributed by atoms with van der Waals surface area (Å²) in [6.07, 6.45) is 11.9. The van der Waals surface area contributed by atoms with Crippen molar-refractivity contribution in [3.05, 3.63) is 41.0 Å². The van der Waals surface area contributed by atoms with Crippen LogP contribution < -0.4 is 10.5 Å². The molecule has 0 spiro atoms. The number of nitrogens with zero attached hydrogens (tertiary/aromatic N) is 5. The molecule has 30 heavy (non-hydrogen) atoms. The largest absolute Gasteiger partial charge is 0.462 e. The molecule has 1 saturated carbocycles. The third-order valence-electron chi connectivity index (χ3n) is 5.92. The Morgan fingerprint density at radius 3 is 2.70 bits per heavy atom. The van der Waals surface area contributed by atoms with Gasteiger partial charge in [-0.25, -0.2) is 9.50 Å². The van der Waals surface area contributed by atoms with Crippen molar-refractivity contribution in [3.8, 4) is 6.01 Å². The first-order valence-electron chi connectivity index (χ1n) is 11.1. The lowest BCUT2D eigenvalue weighted by Gasteiger charge is -2.22. The summed E-state index contributed by atoms with van der Waals surface area (Å²) in [7, 11) is 0. The molecule has 0 bridgehead atoms. The standard InChI is InChI=1S/C23H32N6O/c1-15(2)9-10-30-23-27-21(24)22-26-14-19(29(22)28-23)12-17-11-16(3)20(25-13-17)18-7-5-4-6-8-18/h11,13-15,18H,4-10,12H2,1-3H3,(H2,24,27,28). The van der Waals surface area contributed by atoms with Crippen LogP contribution in [0.3, 0.4) is 0 Å². The molecule has 0 unspecified atom stereocenters. The second kappa shape index (κ2) is 8.98. The Hall–Kier alpha value is -2.70. The van der Waals surface area contributed by atoms with E-state index in [1.54, 1.807) is 4.52 Å². The highest BCUT2D eigenvalue weighted by atomic mass is 16.5. The van der Waals surface area contributed by atoms with Gasteiger partial charge >= 0.3 is 6.01 Å². The molecule has 0 aliphatic heterocycles. The van der Waals surface area contributed by atoms with Gasteiger partial charge < -0.3 is 10.5 Å². The number of anilines is 1. The number of hydrogen-bond donors (Lipinski definition) is 1. The van der Waals surface area contributed by atoms with Crippen molar-refractivity contribution in [2.75, 3.05) is 12.3 Å². The molecule has 1 aliphatic rings. The van der Waals surface area contributed by atoms with E-state index in [1.807, 2.05) is 12.4 Å². The Labute approximate surface area is 178 Å². The topological polar surface area (TPSA) is 91.2 Å². The van der Waals surface area contributed by atoms with E-state index in [4.69, 9.17) is 15.5 Å². The van der Waals surface area contributed by atoms with Crippen LogP contribution in [0.1, 0.15) is 80.8 Å². The van der Waals surface area contributed by atoms with Crippen molar-refractivity contribution in [1.82, 2.24) is 24.6 Å². The second-order valence-electron chi connectivity index (χ2n) is 8.85. The summed E-state index contributed by atoms with van der Waals surface area (Å²) in [4.78, 5) is 13.5. The summed E-state index contributed by atoms with van der Waals surface area (Å²) in [6, 6.07) is 2.54. The molecule has 3 aromatic heterocycles. The van der Waals surface area contributed by atoms with Gasteiger partial charge in [-0.2, -0.15) is 4.98 Å². The van der Waals surface area contributed by atoms with Gasteiger partial charge in [-0.3, -0.25) is 4.98 Å². The molecule has 7 nitrogen and oxygen atoms in total. The van der Waals surface area contributed by atoms with Crippen molar-refractivity contribution in [1.29, 1.82) is 0 Å². The Balaban J connectivity index is 1.54. The maximum atomic E-state index is 6.10. The number of pyridine rings is 1. The summed E-state index contributed by atoms with van der Waals surface area (Å²) in [5.41, 5.74) is 11.3.